The first-order valence-corrected chi connectivity index (χ1v) is 6.88. The number of para-hydroxylation sites is 1. The van der Waals surface area contributed by atoms with Crippen molar-refractivity contribution >= 4 is 17.4 Å². The average molecular weight is 251 g/mol. The molecule has 17 heavy (non-hydrogen) atoms. The van der Waals surface area contributed by atoms with E-state index in [1.165, 1.54) is 10.6 Å². The molecule has 0 aliphatic heterocycles. The van der Waals surface area contributed by atoms with Gasteiger partial charge in [0.25, 0.3) is 0 Å². The predicted molar refractivity (Wildman–Crippen MR) is 76.9 cm³/mol. The van der Waals surface area contributed by atoms with E-state index in [0.717, 1.165) is 18.8 Å². The zero-order valence-electron chi connectivity index (χ0n) is 10.6. The van der Waals surface area contributed by atoms with Crippen LogP contribution < -0.4 is 5.32 Å². The second-order valence-electron chi connectivity index (χ2n) is 3.80. The van der Waals surface area contributed by atoms with Crippen LogP contribution in [0.4, 0.5) is 5.69 Å². The predicted octanol–water partition coefficient (Wildman–Crippen LogP) is 3.80. The third kappa shape index (κ3) is 4.84. The Bertz CT molecular complexity index is 341. The third-order valence-corrected chi connectivity index (χ3v) is 3.53. The van der Waals surface area contributed by atoms with Gasteiger partial charge in [-0.1, -0.05) is 25.1 Å². The molecule has 0 saturated heterocycles. The molecule has 0 aliphatic carbocycles. The molecule has 1 aromatic rings. The van der Waals surface area contributed by atoms with Gasteiger partial charge < -0.3 is 10.1 Å². The Balaban J connectivity index is 2.70. The van der Waals surface area contributed by atoms with E-state index >= 15 is 0 Å². The number of hydrogen-bond donors (Lipinski definition) is 1. The zero-order valence-corrected chi connectivity index (χ0v) is 11.4. The molecule has 0 spiro atoms. The standard InChI is InChI=1S/C14H21NOS/c1-4-10-17-14-9-7-6-8-13(14)15-12(5-2)11-16-3/h4,6-9,12,15H,1,5,10-11H2,2-3H3. The Kier molecular flexibility index (Phi) is 6.82. The lowest BCUT2D eigenvalue weighted by Gasteiger charge is -2.19. The fourth-order valence-corrected chi connectivity index (χ4v) is 2.30. The van der Waals surface area contributed by atoms with E-state index in [1.807, 2.05) is 6.08 Å². The van der Waals surface area contributed by atoms with E-state index in [0.29, 0.717) is 6.04 Å². The van der Waals surface area contributed by atoms with Crippen molar-refractivity contribution in [2.24, 2.45) is 0 Å². The number of methoxy groups -OCH3 is 1. The summed E-state index contributed by atoms with van der Waals surface area (Å²) < 4.78 is 5.20. The Morgan fingerprint density at radius 3 is 2.88 bits per heavy atom. The van der Waals surface area contributed by atoms with Gasteiger partial charge in [0.1, 0.15) is 0 Å². The number of thioether (sulfide) groups is 1. The molecule has 0 fully saturated rings. The minimum absolute atomic E-state index is 0.366. The highest BCUT2D eigenvalue weighted by molar-refractivity contribution is 7.99. The highest BCUT2D eigenvalue weighted by atomic mass is 32.2. The van der Waals surface area contributed by atoms with E-state index in [2.05, 4.69) is 43.1 Å². The summed E-state index contributed by atoms with van der Waals surface area (Å²) in [5, 5.41) is 3.53. The van der Waals surface area contributed by atoms with Crippen molar-refractivity contribution in [2.75, 3.05) is 24.8 Å². The molecule has 0 bridgehead atoms. The highest BCUT2D eigenvalue weighted by Crippen LogP contribution is 2.27. The van der Waals surface area contributed by atoms with Gasteiger partial charge in [-0.2, -0.15) is 0 Å². The third-order valence-electron chi connectivity index (χ3n) is 2.46. The maximum atomic E-state index is 5.20. The number of ether oxygens (including phenoxy) is 1. The van der Waals surface area contributed by atoms with E-state index in [1.54, 1.807) is 18.9 Å². The molecule has 0 amide bonds. The summed E-state index contributed by atoms with van der Waals surface area (Å²) in [6.45, 7) is 6.65. The smallest absolute Gasteiger partial charge is 0.0663 e. The monoisotopic (exact) mass is 251 g/mol. The summed E-state index contributed by atoms with van der Waals surface area (Å²) in [6.07, 6.45) is 2.97. The van der Waals surface area contributed by atoms with Crippen molar-refractivity contribution in [1.29, 1.82) is 0 Å². The summed E-state index contributed by atoms with van der Waals surface area (Å²) in [7, 11) is 1.74. The Hall–Kier alpha value is -0.930. The first kappa shape index (κ1) is 14.1. The molecule has 1 aromatic carbocycles. The number of benzene rings is 1. The molecule has 1 rings (SSSR count). The van der Waals surface area contributed by atoms with Gasteiger partial charge in [-0.15, -0.1) is 18.3 Å². The van der Waals surface area contributed by atoms with Crippen LogP contribution in [0.2, 0.25) is 0 Å². The van der Waals surface area contributed by atoms with Gasteiger partial charge in [-0.3, -0.25) is 0 Å². The number of rotatable bonds is 8. The second-order valence-corrected chi connectivity index (χ2v) is 4.86. The Morgan fingerprint density at radius 2 is 2.24 bits per heavy atom. The summed E-state index contributed by atoms with van der Waals surface area (Å²) >= 11 is 1.80. The molecule has 1 N–H and O–H groups in total. The normalized spacial score (nSPS) is 12.1. The first-order chi connectivity index (χ1) is 8.31. The molecule has 94 valence electrons. The molecule has 0 aliphatic rings. The molecule has 0 heterocycles. The van der Waals surface area contributed by atoms with Crippen LogP contribution in [-0.4, -0.2) is 25.5 Å². The number of hydrogen-bond acceptors (Lipinski definition) is 3. The van der Waals surface area contributed by atoms with Crippen molar-refractivity contribution in [2.45, 2.75) is 24.3 Å². The van der Waals surface area contributed by atoms with Crippen LogP contribution >= 0.6 is 11.8 Å². The van der Waals surface area contributed by atoms with Crippen molar-refractivity contribution in [3.05, 3.63) is 36.9 Å². The molecule has 0 radical (unpaired) electrons. The van der Waals surface area contributed by atoms with Gasteiger partial charge in [0.05, 0.1) is 6.61 Å². The number of nitrogens with one attached hydrogen (secondary N) is 1. The fourth-order valence-electron chi connectivity index (χ4n) is 1.54. The lowest BCUT2D eigenvalue weighted by molar-refractivity contribution is 0.184. The summed E-state index contributed by atoms with van der Waals surface area (Å²) in [6, 6.07) is 8.73. The van der Waals surface area contributed by atoms with E-state index in [4.69, 9.17) is 4.74 Å². The Labute approximate surface area is 108 Å². The first-order valence-electron chi connectivity index (χ1n) is 5.90. The SMILES string of the molecule is C=CCSc1ccccc1NC(CC)COC. The van der Waals surface area contributed by atoms with Crippen LogP contribution in [0, 0.1) is 0 Å². The van der Waals surface area contributed by atoms with E-state index in [9.17, 15) is 0 Å². The average Bonchev–Trinajstić information content (AvgIpc) is 2.37. The molecular formula is C14H21NOS. The van der Waals surface area contributed by atoms with Crippen LogP contribution in [-0.2, 0) is 4.74 Å². The van der Waals surface area contributed by atoms with Gasteiger partial charge >= 0.3 is 0 Å². The lowest BCUT2D eigenvalue weighted by Crippen LogP contribution is -2.24. The van der Waals surface area contributed by atoms with Gasteiger partial charge in [-0.05, 0) is 18.6 Å². The maximum Gasteiger partial charge on any atom is 0.0663 e. The zero-order chi connectivity index (χ0) is 12.5. The molecule has 1 atom stereocenters. The van der Waals surface area contributed by atoms with Gasteiger partial charge in [0.15, 0.2) is 0 Å². The Morgan fingerprint density at radius 1 is 1.47 bits per heavy atom. The van der Waals surface area contributed by atoms with E-state index in [-0.39, 0.29) is 0 Å². The largest absolute Gasteiger partial charge is 0.383 e. The molecule has 3 heteroatoms. The lowest BCUT2D eigenvalue weighted by atomic mass is 10.2. The summed E-state index contributed by atoms with van der Waals surface area (Å²) in [5.74, 6) is 0.930. The van der Waals surface area contributed by atoms with Crippen LogP contribution in [0.5, 0.6) is 0 Å². The van der Waals surface area contributed by atoms with Gasteiger partial charge in [-0.25, -0.2) is 0 Å². The highest BCUT2D eigenvalue weighted by Gasteiger charge is 2.08. The summed E-state index contributed by atoms with van der Waals surface area (Å²) in [5.41, 5.74) is 1.18. The topological polar surface area (TPSA) is 21.3 Å². The van der Waals surface area contributed by atoms with Crippen LogP contribution in [0.1, 0.15) is 13.3 Å². The minimum Gasteiger partial charge on any atom is -0.383 e. The fraction of sp³-hybridized carbons (Fsp3) is 0.429. The molecule has 0 aromatic heterocycles. The van der Waals surface area contributed by atoms with E-state index < -0.39 is 0 Å². The van der Waals surface area contributed by atoms with Gasteiger partial charge in [0, 0.05) is 29.5 Å². The molecule has 2 nitrogen and oxygen atoms in total. The minimum atomic E-state index is 0.366. The molecule has 0 saturated carbocycles. The molecular weight excluding hydrogens is 230 g/mol. The van der Waals surface area contributed by atoms with Crippen molar-refractivity contribution in [3.63, 3.8) is 0 Å². The quantitative estimate of drug-likeness (QED) is 0.561. The molecule has 1 unspecified atom stereocenters. The van der Waals surface area contributed by atoms with Crippen molar-refractivity contribution < 1.29 is 4.74 Å². The second kappa shape index (κ2) is 8.20. The maximum absolute atomic E-state index is 5.20. The van der Waals surface area contributed by atoms with Crippen molar-refractivity contribution in [1.82, 2.24) is 0 Å². The van der Waals surface area contributed by atoms with Crippen LogP contribution in [0.15, 0.2) is 41.8 Å². The van der Waals surface area contributed by atoms with Crippen molar-refractivity contribution in [3.8, 4) is 0 Å². The summed E-state index contributed by atoms with van der Waals surface area (Å²) in [4.78, 5) is 1.27. The van der Waals surface area contributed by atoms with Crippen LogP contribution in [0.25, 0.3) is 0 Å². The van der Waals surface area contributed by atoms with Crippen LogP contribution in [0.3, 0.4) is 0 Å². The number of anilines is 1. The van der Waals surface area contributed by atoms with Gasteiger partial charge in [0.2, 0.25) is 0 Å².